The highest BCUT2D eigenvalue weighted by atomic mass is 35.5. The fraction of sp³-hybridized carbons (Fsp3) is 0.636. The number of unbranched alkanes of at least 4 members (excludes halogenated alkanes) is 1. The van der Waals surface area contributed by atoms with Gasteiger partial charge in [-0.15, -0.1) is 0 Å². The predicted molar refractivity (Wildman–Crippen MR) is 133 cm³/mol. The molecule has 12 heteroatoms. The van der Waals surface area contributed by atoms with Crippen LogP contribution < -0.4 is 10.0 Å². The zero-order chi connectivity index (χ0) is 26.1. The summed E-state index contributed by atoms with van der Waals surface area (Å²) in [6.07, 6.45) is -0.316. The molecule has 1 rings (SSSR count). The molecule has 1 aromatic carbocycles. The molecule has 0 unspecified atom stereocenters. The van der Waals surface area contributed by atoms with Crippen molar-refractivity contribution < 1.29 is 27.9 Å². The Morgan fingerprint density at radius 2 is 1.82 bits per heavy atom. The number of rotatable bonds is 12. The third kappa shape index (κ3) is 11.6. The van der Waals surface area contributed by atoms with Gasteiger partial charge >= 0.3 is 12.2 Å². The first-order chi connectivity index (χ1) is 15.6. The number of nitrogens with one attached hydrogen (secondary N) is 2. The van der Waals surface area contributed by atoms with Crippen molar-refractivity contribution in [3.05, 3.63) is 28.2 Å². The van der Waals surface area contributed by atoms with E-state index in [-0.39, 0.29) is 35.5 Å². The van der Waals surface area contributed by atoms with Crippen LogP contribution in [0.4, 0.5) is 9.59 Å². The second kappa shape index (κ2) is 13.4. The molecule has 0 aromatic heterocycles. The van der Waals surface area contributed by atoms with Crippen LogP contribution in [0.15, 0.2) is 23.1 Å². The Labute approximate surface area is 212 Å². The number of sulfonamides is 1. The van der Waals surface area contributed by atoms with E-state index in [9.17, 15) is 23.1 Å². The number of alkyl carbamates (subject to hydrolysis) is 1. The van der Waals surface area contributed by atoms with Gasteiger partial charge in [-0.2, -0.15) is 0 Å². The Kier molecular flexibility index (Phi) is 11.9. The summed E-state index contributed by atoms with van der Waals surface area (Å²) in [5, 5.41) is 12.7. The maximum absolute atomic E-state index is 12.4. The average Bonchev–Trinajstić information content (AvgIpc) is 2.63. The summed E-state index contributed by atoms with van der Waals surface area (Å²) in [4.78, 5) is 25.1. The van der Waals surface area contributed by atoms with Crippen molar-refractivity contribution in [1.29, 1.82) is 0 Å². The fourth-order valence-corrected chi connectivity index (χ4v) is 5.00. The molecular weight excluding hydrogens is 505 g/mol. The number of benzene rings is 1. The lowest BCUT2D eigenvalue weighted by Crippen LogP contribution is -2.47. The fourth-order valence-electron chi connectivity index (χ4n) is 3.16. The molecule has 0 fully saturated rings. The van der Waals surface area contributed by atoms with E-state index in [1.54, 1.807) is 20.8 Å². The molecule has 0 radical (unpaired) electrons. The van der Waals surface area contributed by atoms with Crippen LogP contribution in [-0.4, -0.2) is 61.9 Å². The van der Waals surface area contributed by atoms with Gasteiger partial charge in [0, 0.05) is 24.7 Å². The van der Waals surface area contributed by atoms with Crippen molar-refractivity contribution in [2.75, 3.05) is 19.6 Å². The molecule has 0 spiro atoms. The maximum atomic E-state index is 12.4. The number of carbonyl (C=O) groups excluding carboxylic acids is 1. The normalized spacial score (nSPS) is 12.9. The van der Waals surface area contributed by atoms with Crippen molar-refractivity contribution >= 4 is 45.4 Å². The first-order valence-corrected chi connectivity index (χ1v) is 13.3. The van der Waals surface area contributed by atoms with Crippen molar-refractivity contribution in [1.82, 2.24) is 14.9 Å². The Morgan fingerprint density at radius 1 is 1.18 bits per heavy atom. The van der Waals surface area contributed by atoms with Gasteiger partial charge in [-0.1, -0.05) is 37.0 Å². The lowest BCUT2D eigenvalue weighted by molar-refractivity contribution is 0.0481. The summed E-state index contributed by atoms with van der Waals surface area (Å²) >= 11 is 11.8. The number of hydrogen-bond acceptors (Lipinski definition) is 5. The molecule has 0 bridgehead atoms. The number of carboxylic acid groups (broad SMARTS) is 1. The van der Waals surface area contributed by atoms with E-state index in [1.807, 2.05) is 13.8 Å². The summed E-state index contributed by atoms with van der Waals surface area (Å²) < 4.78 is 32.6. The third-order valence-electron chi connectivity index (χ3n) is 4.52. The Bertz CT molecular complexity index is 935. The van der Waals surface area contributed by atoms with Gasteiger partial charge in [-0.05, 0) is 64.2 Å². The molecule has 0 aliphatic carbocycles. The second-order valence-electron chi connectivity index (χ2n) is 9.38. The van der Waals surface area contributed by atoms with Crippen molar-refractivity contribution in [2.45, 2.75) is 70.4 Å². The Balaban J connectivity index is 2.63. The van der Waals surface area contributed by atoms with Crippen LogP contribution in [0.1, 0.15) is 53.9 Å². The number of carbonyl (C=O) groups is 2. The number of nitrogens with zero attached hydrogens (tertiary/aromatic N) is 1. The minimum atomic E-state index is -3.82. The van der Waals surface area contributed by atoms with Crippen LogP contribution in [0.3, 0.4) is 0 Å². The number of amides is 2. The highest BCUT2D eigenvalue weighted by Gasteiger charge is 2.24. The van der Waals surface area contributed by atoms with Crippen molar-refractivity contribution in [3.63, 3.8) is 0 Å². The van der Waals surface area contributed by atoms with E-state index >= 15 is 0 Å². The zero-order valence-corrected chi connectivity index (χ0v) is 22.6. The molecule has 1 aromatic rings. The highest BCUT2D eigenvalue weighted by Crippen LogP contribution is 2.24. The lowest BCUT2D eigenvalue weighted by Gasteiger charge is -2.28. The topological polar surface area (TPSA) is 125 Å². The molecule has 3 N–H and O–H groups in total. The van der Waals surface area contributed by atoms with E-state index in [0.717, 1.165) is 0 Å². The smallest absolute Gasteiger partial charge is 0.407 e. The summed E-state index contributed by atoms with van der Waals surface area (Å²) in [5.74, 6) is 0.227. The van der Waals surface area contributed by atoms with Gasteiger partial charge in [0.2, 0.25) is 10.0 Å². The van der Waals surface area contributed by atoms with Gasteiger partial charge < -0.3 is 20.1 Å². The SMILES string of the molecule is CC(C)C[C@@H](CN(CCCCNS(=O)(=O)c1ccc(Cl)cc1Cl)C(=O)O)NC(=O)OC(C)(C)C. The Hall–Kier alpha value is -1.75. The molecule has 0 saturated heterocycles. The first kappa shape index (κ1) is 30.3. The monoisotopic (exact) mass is 539 g/mol. The van der Waals surface area contributed by atoms with Crippen LogP contribution in [0.25, 0.3) is 0 Å². The average molecular weight is 541 g/mol. The largest absolute Gasteiger partial charge is 0.465 e. The molecule has 1 atom stereocenters. The highest BCUT2D eigenvalue weighted by molar-refractivity contribution is 7.89. The summed E-state index contributed by atoms with van der Waals surface area (Å²) in [6.45, 7) is 9.61. The number of hydrogen-bond donors (Lipinski definition) is 3. The zero-order valence-electron chi connectivity index (χ0n) is 20.2. The molecule has 34 heavy (non-hydrogen) atoms. The molecule has 0 aliphatic rings. The lowest BCUT2D eigenvalue weighted by atomic mass is 10.0. The Morgan fingerprint density at radius 3 is 2.35 bits per heavy atom. The van der Waals surface area contributed by atoms with Gasteiger partial charge in [0.1, 0.15) is 10.5 Å². The van der Waals surface area contributed by atoms with E-state index in [2.05, 4.69) is 10.0 Å². The molecular formula is C22H35Cl2N3O6S. The van der Waals surface area contributed by atoms with E-state index < -0.39 is 33.9 Å². The summed E-state index contributed by atoms with van der Waals surface area (Å²) in [6, 6.07) is 3.69. The van der Waals surface area contributed by atoms with Crippen LogP contribution in [0.5, 0.6) is 0 Å². The third-order valence-corrected chi connectivity index (χ3v) is 6.70. The second-order valence-corrected chi connectivity index (χ2v) is 12.0. The van der Waals surface area contributed by atoms with Gasteiger partial charge in [0.15, 0.2) is 0 Å². The molecule has 0 saturated carbocycles. The van der Waals surface area contributed by atoms with E-state index in [0.29, 0.717) is 24.3 Å². The predicted octanol–water partition coefficient (Wildman–Crippen LogP) is 4.97. The van der Waals surface area contributed by atoms with Crippen molar-refractivity contribution in [3.8, 4) is 0 Å². The minimum Gasteiger partial charge on any atom is -0.465 e. The van der Waals surface area contributed by atoms with Gasteiger partial charge in [0.25, 0.3) is 0 Å². The number of ether oxygens (including phenoxy) is 1. The van der Waals surface area contributed by atoms with Crippen LogP contribution in [0, 0.1) is 5.92 Å². The van der Waals surface area contributed by atoms with Crippen LogP contribution >= 0.6 is 23.2 Å². The van der Waals surface area contributed by atoms with E-state index in [1.165, 1.54) is 23.1 Å². The maximum Gasteiger partial charge on any atom is 0.407 e. The first-order valence-electron chi connectivity index (χ1n) is 11.0. The molecule has 0 heterocycles. The van der Waals surface area contributed by atoms with Gasteiger partial charge in [-0.3, -0.25) is 0 Å². The van der Waals surface area contributed by atoms with E-state index in [4.69, 9.17) is 27.9 Å². The standard InChI is InChI=1S/C22H35Cl2N3O6S/c1-15(2)12-17(26-20(28)33-22(3,4)5)14-27(21(29)30)11-7-6-10-25-34(31,32)19-9-8-16(23)13-18(19)24/h8-9,13,15,17,25H,6-7,10-12,14H2,1-5H3,(H,26,28)(H,29,30)/t17-/m0/s1. The number of halogens is 2. The molecule has 0 aliphatic heterocycles. The quantitative estimate of drug-likeness (QED) is 0.322. The van der Waals surface area contributed by atoms with Gasteiger partial charge in [0.05, 0.1) is 11.1 Å². The summed E-state index contributed by atoms with van der Waals surface area (Å²) in [5.41, 5.74) is -0.664. The van der Waals surface area contributed by atoms with Crippen molar-refractivity contribution in [2.24, 2.45) is 5.92 Å². The van der Waals surface area contributed by atoms with Crippen LogP contribution in [-0.2, 0) is 14.8 Å². The minimum absolute atomic E-state index is 0.0192. The molecule has 2 amide bonds. The van der Waals surface area contributed by atoms with Gasteiger partial charge in [-0.25, -0.2) is 22.7 Å². The molecule has 9 nitrogen and oxygen atoms in total. The summed E-state index contributed by atoms with van der Waals surface area (Å²) in [7, 11) is -3.82. The molecule has 194 valence electrons. The van der Waals surface area contributed by atoms with Crippen LogP contribution in [0.2, 0.25) is 10.0 Å².